The van der Waals surface area contributed by atoms with Crippen LogP contribution in [-0.4, -0.2) is 24.4 Å². The van der Waals surface area contributed by atoms with Crippen LogP contribution in [0.1, 0.15) is 27.9 Å². The zero-order valence-corrected chi connectivity index (χ0v) is 13.7. The predicted octanol–water partition coefficient (Wildman–Crippen LogP) is 3.54. The molecule has 2 aromatic rings. The molecular formula is C18H19N3O3. The van der Waals surface area contributed by atoms with Crippen molar-refractivity contribution in [3.63, 3.8) is 0 Å². The van der Waals surface area contributed by atoms with E-state index >= 15 is 0 Å². The van der Waals surface area contributed by atoms with Crippen LogP contribution < -0.4 is 10.2 Å². The molecule has 1 amide bonds. The number of nitrogens with zero attached hydrogens (tertiary/aromatic N) is 2. The van der Waals surface area contributed by atoms with E-state index in [1.165, 1.54) is 6.07 Å². The highest BCUT2D eigenvalue weighted by Crippen LogP contribution is 2.31. The molecule has 1 N–H and O–H groups in total. The number of amides is 1. The summed E-state index contributed by atoms with van der Waals surface area (Å²) in [5.41, 5.74) is 3.84. The van der Waals surface area contributed by atoms with E-state index in [-0.39, 0.29) is 11.6 Å². The molecule has 6 nitrogen and oxygen atoms in total. The molecule has 1 aliphatic heterocycles. The Morgan fingerprint density at radius 2 is 2.04 bits per heavy atom. The minimum absolute atomic E-state index is 0.0931. The smallest absolute Gasteiger partial charge is 0.293 e. The first kappa shape index (κ1) is 16.0. The van der Waals surface area contributed by atoms with Gasteiger partial charge in [0.15, 0.2) is 0 Å². The minimum atomic E-state index is -0.476. The van der Waals surface area contributed by atoms with Gasteiger partial charge in [-0.15, -0.1) is 0 Å². The summed E-state index contributed by atoms with van der Waals surface area (Å²) in [6.07, 6.45) is 1.83. The van der Waals surface area contributed by atoms with Gasteiger partial charge in [0.1, 0.15) is 5.69 Å². The normalized spacial score (nSPS) is 13.3. The van der Waals surface area contributed by atoms with Gasteiger partial charge in [-0.1, -0.05) is 17.7 Å². The first-order chi connectivity index (χ1) is 11.5. The number of nitro benzene ring substituents is 1. The summed E-state index contributed by atoms with van der Waals surface area (Å²) in [6.45, 7) is 2.65. The Morgan fingerprint density at radius 3 is 2.75 bits per heavy atom. The van der Waals surface area contributed by atoms with Crippen molar-refractivity contribution in [2.45, 2.75) is 19.8 Å². The van der Waals surface area contributed by atoms with Gasteiger partial charge in [0.05, 0.1) is 4.92 Å². The third-order valence-electron chi connectivity index (χ3n) is 4.31. The lowest BCUT2D eigenvalue weighted by molar-refractivity contribution is -0.384. The van der Waals surface area contributed by atoms with Crippen LogP contribution in [0.3, 0.4) is 0 Å². The summed E-state index contributed by atoms with van der Waals surface area (Å²) in [7, 11) is 1.62. The highest BCUT2D eigenvalue weighted by atomic mass is 16.6. The van der Waals surface area contributed by atoms with E-state index in [1.807, 2.05) is 19.1 Å². The van der Waals surface area contributed by atoms with Crippen LogP contribution in [0.4, 0.5) is 17.1 Å². The third-order valence-corrected chi connectivity index (χ3v) is 4.31. The molecular weight excluding hydrogens is 306 g/mol. The van der Waals surface area contributed by atoms with Crippen molar-refractivity contribution in [2.24, 2.45) is 0 Å². The Bertz CT molecular complexity index is 817. The quantitative estimate of drug-likeness (QED) is 0.692. The molecule has 0 saturated heterocycles. The summed E-state index contributed by atoms with van der Waals surface area (Å²) in [5, 5.41) is 14.0. The Labute approximate surface area is 140 Å². The molecule has 3 rings (SSSR count). The van der Waals surface area contributed by atoms with Gasteiger partial charge in [-0.2, -0.15) is 0 Å². The second kappa shape index (κ2) is 6.31. The standard InChI is InChI=1S/C18H19N3O3/c1-12-5-8-16-13(10-12)4-3-9-20(16)18(22)14-6-7-15(19-2)17(11-14)21(23)24/h5-8,10-11,19H,3-4,9H2,1-2H3. The highest BCUT2D eigenvalue weighted by molar-refractivity contribution is 6.07. The van der Waals surface area contributed by atoms with E-state index in [0.29, 0.717) is 17.8 Å². The zero-order valence-electron chi connectivity index (χ0n) is 13.7. The van der Waals surface area contributed by atoms with Crippen LogP contribution in [-0.2, 0) is 6.42 Å². The van der Waals surface area contributed by atoms with Crippen LogP contribution in [0, 0.1) is 17.0 Å². The van der Waals surface area contributed by atoms with Gasteiger partial charge in [-0.05, 0) is 43.5 Å². The van der Waals surface area contributed by atoms with Crippen LogP contribution in [0.2, 0.25) is 0 Å². The number of rotatable bonds is 3. The summed E-state index contributed by atoms with van der Waals surface area (Å²) in [4.78, 5) is 25.4. The maximum absolute atomic E-state index is 12.9. The fourth-order valence-electron chi connectivity index (χ4n) is 3.12. The fraction of sp³-hybridized carbons (Fsp3) is 0.278. The SMILES string of the molecule is CNc1ccc(C(=O)N2CCCc3cc(C)ccc32)cc1[N+](=O)[O-]. The van der Waals surface area contributed by atoms with Gasteiger partial charge in [0.2, 0.25) is 0 Å². The molecule has 0 unspecified atom stereocenters. The summed E-state index contributed by atoms with van der Waals surface area (Å²) >= 11 is 0. The maximum atomic E-state index is 12.9. The molecule has 0 fully saturated rings. The van der Waals surface area contributed by atoms with E-state index < -0.39 is 4.92 Å². The molecule has 0 aromatic heterocycles. The minimum Gasteiger partial charge on any atom is -0.383 e. The molecule has 24 heavy (non-hydrogen) atoms. The van der Waals surface area contributed by atoms with Crippen LogP contribution >= 0.6 is 0 Å². The number of hydrogen-bond acceptors (Lipinski definition) is 4. The van der Waals surface area contributed by atoms with Crippen LogP contribution in [0.5, 0.6) is 0 Å². The number of nitro groups is 1. The number of nitrogens with one attached hydrogen (secondary N) is 1. The van der Waals surface area contributed by atoms with Crippen LogP contribution in [0.15, 0.2) is 36.4 Å². The number of anilines is 2. The Morgan fingerprint density at radius 1 is 1.25 bits per heavy atom. The lowest BCUT2D eigenvalue weighted by atomic mass is 9.98. The first-order valence-electron chi connectivity index (χ1n) is 7.89. The van der Waals surface area contributed by atoms with E-state index in [2.05, 4.69) is 11.4 Å². The molecule has 0 atom stereocenters. The average molecular weight is 325 g/mol. The van der Waals surface area contributed by atoms with Crippen molar-refractivity contribution in [1.29, 1.82) is 0 Å². The largest absolute Gasteiger partial charge is 0.383 e. The monoisotopic (exact) mass is 325 g/mol. The van der Waals surface area contributed by atoms with Crippen molar-refractivity contribution >= 4 is 23.0 Å². The molecule has 2 aromatic carbocycles. The Kier molecular flexibility index (Phi) is 4.20. The van der Waals surface area contributed by atoms with E-state index in [0.717, 1.165) is 29.7 Å². The van der Waals surface area contributed by atoms with E-state index in [4.69, 9.17) is 0 Å². The third kappa shape index (κ3) is 2.82. The number of carbonyl (C=O) groups is 1. The van der Waals surface area contributed by atoms with E-state index in [9.17, 15) is 14.9 Å². The number of carbonyl (C=O) groups excluding carboxylic acids is 1. The van der Waals surface area contributed by atoms with Crippen molar-refractivity contribution < 1.29 is 9.72 Å². The number of hydrogen-bond donors (Lipinski definition) is 1. The van der Waals surface area contributed by atoms with Gasteiger partial charge in [0, 0.05) is 30.9 Å². The molecule has 1 aliphatic rings. The highest BCUT2D eigenvalue weighted by Gasteiger charge is 2.25. The van der Waals surface area contributed by atoms with Gasteiger partial charge >= 0.3 is 0 Å². The molecule has 0 saturated carbocycles. The van der Waals surface area contributed by atoms with Gasteiger partial charge in [-0.25, -0.2) is 0 Å². The Balaban J connectivity index is 1.99. The Hall–Kier alpha value is -2.89. The van der Waals surface area contributed by atoms with Gasteiger partial charge in [0.25, 0.3) is 11.6 Å². The maximum Gasteiger partial charge on any atom is 0.293 e. The summed E-state index contributed by atoms with van der Waals surface area (Å²) < 4.78 is 0. The van der Waals surface area contributed by atoms with E-state index in [1.54, 1.807) is 24.1 Å². The molecule has 0 radical (unpaired) electrons. The zero-order chi connectivity index (χ0) is 17.3. The molecule has 0 bridgehead atoms. The van der Waals surface area contributed by atoms with Crippen molar-refractivity contribution in [1.82, 2.24) is 0 Å². The summed E-state index contributed by atoms with van der Waals surface area (Å²) in [6, 6.07) is 10.6. The summed E-state index contributed by atoms with van der Waals surface area (Å²) in [5.74, 6) is -0.203. The van der Waals surface area contributed by atoms with Crippen LogP contribution in [0.25, 0.3) is 0 Å². The van der Waals surface area contributed by atoms with Crippen molar-refractivity contribution in [2.75, 3.05) is 23.8 Å². The molecule has 0 aliphatic carbocycles. The second-order valence-electron chi connectivity index (χ2n) is 5.93. The molecule has 6 heteroatoms. The van der Waals surface area contributed by atoms with Gasteiger partial charge < -0.3 is 10.2 Å². The lowest BCUT2D eigenvalue weighted by Gasteiger charge is -2.30. The van der Waals surface area contributed by atoms with Gasteiger partial charge in [-0.3, -0.25) is 14.9 Å². The first-order valence-corrected chi connectivity index (χ1v) is 7.89. The molecule has 0 spiro atoms. The van der Waals surface area contributed by atoms with Crippen molar-refractivity contribution in [3.05, 3.63) is 63.2 Å². The number of benzene rings is 2. The number of aryl methyl sites for hydroxylation is 2. The average Bonchev–Trinajstić information content (AvgIpc) is 2.59. The second-order valence-corrected chi connectivity index (χ2v) is 5.93. The fourth-order valence-corrected chi connectivity index (χ4v) is 3.12. The number of fused-ring (bicyclic) bond motifs is 1. The topological polar surface area (TPSA) is 75.5 Å². The molecule has 124 valence electrons. The molecule has 1 heterocycles. The van der Waals surface area contributed by atoms with Crippen molar-refractivity contribution in [3.8, 4) is 0 Å². The lowest BCUT2D eigenvalue weighted by Crippen LogP contribution is -2.35. The predicted molar refractivity (Wildman–Crippen MR) is 93.8 cm³/mol.